The predicted octanol–water partition coefficient (Wildman–Crippen LogP) is 4.69. The number of amides is 1. The summed E-state index contributed by atoms with van der Waals surface area (Å²) >= 11 is 0. The molecule has 166 valence electrons. The van der Waals surface area contributed by atoms with Crippen molar-refractivity contribution in [3.05, 3.63) is 65.7 Å². The fraction of sp³-hybridized carbons (Fsp3) is 0.333. The average molecular weight is 440 g/mol. The van der Waals surface area contributed by atoms with Crippen molar-refractivity contribution in [3.63, 3.8) is 0 Å². The van der Waals surface area contributed by atoms with Crippen LogP contribution in [0.1, 0.15) is 36.8 Å². The second-order valence-electron chi connectivity index (χ2n) is 7.86. The molecule has 1 saturated heterocycles. The summed E-state index contributed by atoms with van der Waals surface area (Å²) in [5.74, 6) is 0.262. The minimum atomic E-state index is -0.719. The molecule has 0 radical (unpaired) electrons. The molecule has 1 unspecified atom stereocenters. The number of oxazole rings is 1. The van der Waals surface area contributed by atoms with Crippen LogP contribution >= 0.6 is 0 Å². The molecule has 1 aromatic heterocycles. The molecule has 3 heterocycles. The van der Waals surface area contributed by atoms with Crippen LogP contribution in [0.5, 0.6) is 11.5 Å². The van der Waals surface area contributed by atoms with Gasteiger partial charge in [0, 0.05) is 19.4 Å². The van der Waals surface area contributed by atoms with Gasteiger partial charge in [-0.15, -0.1) is 0 Å². The van der Waals surface area contributed by atoms with Gasteiger partial charge < -0.3 is 18.8 Å². The number of aromatic nitrogens is 1. The van der Waals surface area contributed by atoms with Gasteiger partial charge in [0.25, 0.3) is 0 Å². The van der Waals surface area contributed by atoms with Crippen molar-refractivity contribution in [3.8, 4) is 22.8 Å². The van der Waals surface area contributed by atoms with Crippen molar-refractivity contribution in [1.82, 2.24) is 9.88 Å². The second kappa shape index (κ2) is 8.61. The number of carbonyl (C=O) groups is 1. The van der Waals surface area contributed by atoms with Crippen LogP contribution in [0, 0.1) is 11.6 Å². The Morgan fingerprint density at radius 1 is 1.09 bits per heavy atom. The molecule has 0 aliphatic carbocycles. The Balaban J connectivity index is 1.26. The van der Waals surface area contributed by atoms with Crippen molar-refractivity contribution < 1.29 is 27.5 Å². The summed E-state index contributed by atoms with van der Waals surface area (Å²) in [5.41, 5.74) is 0.768. The van der Waals surface area contributed by atoms with Gasteiger partial charge in [-0.25, -0.2) is 13.8 Å². The molecule has 2 aliphatic rings. The first-order chi connectivity index (χ1) is 15.6. The Bertz CT molecular complexity index is 1130. The van der Waals surface area contributed by atoms with Gasteiger partial charge >= 0.3 is 0 Å². The second-order valence-corrected chi connectivity index (χ2v) is 7.86. The number of halogens is 2. The Kier molecular flexibility index (Phi) is 5.51. The lowest BCUT2D eigenvalue weighted by Gasteiger charge is -2.26. The third kappa shape index (κ3) is 3.92. The van der Waals surface area contributed by atoms with Crippen LogP contribution in [-0.2, 0) is 11.2 Å². The van der Waals surface area contributed by atoms with E-state index in [0.29, 0.717) is 25.5 Å². The van der Waals surface area contributed by atoms with Crippen LogP contribution in [0.3, 0.4) is 0 Å². The molecule has 0 spiro atoms. The number of nitrogens with zero attached hydrogens (tertiary/aromatic N) is 2. The van der Waals surface area contributed by atoms with Crippen molar-refractivity contribution >= 4 is 5.91 Å². The number of hydrogen-bond donors (Lipinski definition) is 0. The topological polar surface area (TPSA) is 64.8 Å². The van der Waals surface area contributed by atoms with E-state index in [1.165, 1.54) is 12.3 Å². The summed E-state index contributed by atoms with van der Waals surface area (Å²) in [6.07, 6.45) is 3.52. The van der Waals surface area contributed by atoms with Gasteiger partial charge in [0.05, 0.1) is 17.8 Å². The first-order valence-corrected chi connectivity index (χ1v) is 10.7. The first-order valence-electron chi connectivity index (χ1n) is 10.7. The van der Waals surface area contributed by atoms with E-state index in [4.69, 9.17) is 13.9 Å². The Morgan fingerprint density at radius 2 is 1.88 bits per heavy atom. The zero-order chi connectivity index (χ0) is 22.1. The molecule has 1 atom stereocenters. The summed E-state index contributed by atoms with van der Waals surface area (Å²) < 4.78 is 44.7. The molecule has 1 fully saturated rings. The summed E-state index contributed by atoms with van der Waals surface area (Å²) in [7, 11) is 0. The van der Waals surface area contributed by atoms with Crippen LogP contribution in [0.2, 0.25) is 0 Å². The molecular formula is C24H22F2N2O4. The Labute approximate surface area is 183 Å². The highest BCUT2D eigenvalue weighted by Gasteiger charge is 2.31. The van der Waals surface area contributed by atoms with Crippen molar-refractivity contribution in [1.29, 1.82) is 0 Å². The molecule has 2 aliphatic heterocycles. The summed E-state index contributed by atoms with van der Waals surface area (Å²) in [5, 5.41) is 0. The number of benzene rings is 2. The van der Waals surface area contributed by atoms with E-state index in [2.05, 4.69) is 4.98 Å². The van der Waals surface area contributed by atoms with Gasteiger partial charge in [-0.05, 0) is 42.7 Å². The third-order valence-electron chi connectivity index (χ3n) is 5.84. The van der Waals surface area contributed by atoms with Crippen molar-refractivity contribution in [2.75, 3.05) is 19.8 Å². The molecule has 32 heavy (non-hydrogen) atoms. The molecule has 0 bridgehead atoms. The molecule has 5 rings (SSSR count). The van der Waals surface area contributed by atoms with Gasteiger partial charge in [-0.3, -0.25) is 4.79 Å². The highest BCUT2D eigenvalue weighted by Crippen LogP contribution is 2.38. The number of ether oxygens (including phenoxy) is 2. The van der Waals surface area contributed by atoms with E-state index < -0.39 is 11.6 Å². The van der Waals surface area contributed by atoms with E-state index >= 15 is 0 Å². The number of fused-ring (bicyclic) bond motifs is 1. The largest absolute Gasteiger partial charge is 0.486 e. The third-order valence-corrected chi connectivity index (χ3v) is 5.84. The van der Waals surface area contributed by atoms with E-state index in [1.807, 2.05) is 23.1 Å². The molecule has 6 nitrogen and oxygen atoms in total. The highest BCUT2D eigenvalue weighted by molar-refractivity contribution is 5.77. The smallest absolute Gasteiger partial charge is 0.223 e. The lowest BCUT2D eigenvalue weighted by molar-refractivity contribution is -0.132. The minimum Gasteiger partial charge on any atom is -0.486 e. The van der Waals surface area contributed by atoms with Crippen LogP contribution in [0.25, 0.3) is 11.3 Å². The number of rotatable bonds is 5. The van der Waals surface area contributed by atoms with Gasteiger partial charge in [-0.1, -0.05) is 12.1 Å². The molecule has 2 aromatic carbocycles. The van der Waals surface area contributed by atoms with Crippen molar-refractivity contribution in [2.45, 2.75) is 31.7 Å². The maximum atomic E-state index is 14.0. The Morgan fingerprint density at radius 3 is 2.69 bits per heavy atom. The van der Waals surface area contributed by atoms with E-state index in [9.17, 15) is 13.6 Å². The van der Waals surface area contributed by atoms with Gasteiger partial charge in [0.2, 0.25) is 5.91 Å². The maximum Gasteiger partial charge on any atom is 0.223 e. The SMILES string of the molecule is O=C(CCc1ncc(-c2c(F)cccc2F)o1)N1CCCC1c1ccc2c(c1)OCCO2. The Hall–Kier alpha value is -3.42. The molecule has 1 amide bonds. The highest BCUT2D eigenvalue weighted by atomic mass is 19.1. The fourth-order valence-electron chi connectivity index (χ4n) is 4.31. The van der Waals surface area contributed by atoms with Gasteiger partial charge in [0.1, 0.15) is 24.8 Å². The lowest BCUT2D eigenvalue weighted by Crippen LogP contribution is -2.30. The van der Waals surface area contributed by atoms with Gasteiger partial charge in [0.15, 0.2) is 23.1 Å². The number of carbonyl (C=O) groups excluding carboxylic acids is 1. The monoisotopic (exact) mass is 440 g/mol. The first kappa shape index (κ1) is 20.5. The normalized spacial score (nSPS) is 17.6. The summed E-state index contributed by atoms with van der Waals surface area (Å²) in [4.78, 5) is 18.9. The van der Waals surface area contributed by atoms with Crippen LogP contribution in [-0.4, -0.2) is 35.5 Å². The van der Waals surface area contributed by atoms with Crippen LogP contribution < -0.4 is 9.47 Å². The van der Waals surface area contributed by atoms with Crippen LogP contribution in [0.15, 0.2) is 47.0 Å². The van der Waals surface area contributed by atoms with Crippen LogP contribution in [0.4, 0.5) is 8.78 Å². The molecule has 0 saturated carbocycles. The molecule has 0 N–H and O–H groups in total. The van der Waals surface area contributed by atoms with E-state index in [1.54, 1.807) is 0 Å². The zero-order valence-corrected chi connectivity index (χ0v) is 17.4. The quantitative estimate of drug-likeness (QED) is 0.576. The van der Waals surface area contributed by atoms with E-state index in [0.717, 1.165) is 36.3 Å². The summed E-state index contributed by atoms with van der Waals surface area (Å²) in [6.45, 7) is 1.72. The lowest BCUT2D eigenvalue weighted by atomic mass is 10.0. The minimum absolute atomic E-state index is 0.0124. The standard InChI is InChI=1S/C24H22F2N2O4/c25-16-3-1-4-17(26)24(16)21-14-27-22(32-21)8-9-23(29)28-10-2-5-18(28)15-6-7-19-20(13-15)31-12-11-30-19/h1,3-4,6-7,13-14,18H,2,5,8-12H2. The average Bonchev–Trinajstić information content (AvgIpc) is 3.47. The number of hydrogen-bond acceptors (Lipinski definition) is 5. The van der Waals surface area contributed by atoms with Crippen molar-refractivity contribution in [2.24, 2.45) is 0 Å². The molecular weight excluding hydrogens is 418 g/mol. The predicted molar refractivity (Wildman–Crippen MR) is 111 cm³/mol. The fourth-order valence-corrected chi connectivity index (χ4v) is 4.31. The van der Waals surface area contributed by atoms with Gasteiger partial charge in [-0.2, -0.15) is 0 Å². The summed E-state index contributed by atoms with van der Waals surface area (Å²) in [6, 6.07) is 9.41. The number of likely N-dealkylation sites (tertiary alicyclic amines) is 1. The zero-order valence-electron chi connectivity index (χ0n) is 17.4. The molecule has 8 heteroatoms. The maximum absolute atomic E-state index is 14.0. The number of aryl methyl sites for hydroxylation is 1. The molecule has 3 aromatic rings. The van der Waals surface area contributed by atoms with E-state index in [-0.39, 0.29) is 42.0 Å².